The first kappa shape index (κ1) is 19.4. The third-order valence-electron chi connectivity index (χ3n) is 3.85. The van der Waals surface area contributed by atoms with Crippen molar-refractivity contribution in [2.45, 2.75) is 13.3 Å². The molecule has 3 aromatic rings. The largest absolute Gasteiger partial charge is 0.444 e. The summed E-state index contributed by atoms with van der Waals surface area (Å²) in [4.78, 5) is 24.3. The summed E-state index contributed by atoms with van der Waals surface area (Å²) in [6.45, 7) is 1.94. The Hall–Kier alpha value is -2.38. The van der Waals surface area contributed by atoms with Crippen molar-refractivity contribution in [3.05, 3.63) is 80.6 Å². The molecule has 138 valence electrons. The maximum absolute atomic E-state index is 12.3. The lowest BCUT2D eigenvalue weighted by atomic mass is 10.1. The van der Waals surface area contributed by atoms with Crippen LogP contribution < -0.4 is 10.6 Å². The van der Waals surface area contributed by atoms with E-state index in [4.69, 9.17) is 4.42 Å². The van der Waals surface area contributed by atoms with Gasteiger partial charge in [-0.25, -0.2) is 0 Å². The van der Waals surface area contributed by atoms with Crippen LogP contribution in [0.4, 0.5) is 11.4 Å². The predicted octanol–water partition coefficient (Wildman–Crippen LogP) is 5.55. The molecule has 0 atom stereocenters. The molecule has 7 heteroatoms. The summed E-state index contributed by atoms with van der Waals surface area (Å²) in [6, 6.07) is 16.1. The molecule has 0 unspecified atom stereocenters. The molecule has 1 heterocycles. The summed E-state index contributed by atoms with van der Waals surface area (Å²) >= 11 is 6.57. The van der Waals surface area contributed by atoms with Crippen molar-refractivity contribution in [3.63, 3.8) is 0 Å². The number of nitrogens with one attached hydrogen (secondary N) is 2. The second-order valence-electron chi connectivity index (χ2n) is 5.94. The highest BCUT2D eigenvalue weighted by Crippen LogP contribution is 2.21. The summed E-state index contributed by atoms with van der Waals surface area (Å²) in [5, 5.41) is 5.66. The van der Waals surface area contributed by atoms with E-state index in [1.807, 2.05) is 25.1 Å². The van der Waals surface area contributed by atoms with Crippen molar-refractivity contribution in [1.82, 2.24) is 0 Å². The van der Waals surface area contributed by atoms with Gasteiger partial charge in [0.25, 0.3) is 5.91 Å². The van der Waals surface area contributed by atoms with Gasteiger partial charge in [-0.1, -0.05) is 34.1 Å². The smallest absolute Gasteiger partial charge is 0.291 e. The highest BCUT2D eigenvalue weighted by atomic mass is 79.9. The summed E-state index contributed by atoms with van der Waals surface area (Å²) < 4.78 is 6.62. The zero-order valence-electron chi connectivity index (χ0n) is 14.4. The Kier molecular flexibility index (Phi) is 6.13. The van der Waals surface area contributed by atoms with Crippen molar-refractivity contribution in [2.24, 2.45) is 0 Å². The second-order valence-corrected chi connectivity index (χ2v) is 7.64. The highest BCUT2D eigenvalue weighted by Gasteiger charge is 2.11. The molecule has 0 radical (unpaired) electrons. The first-order valence-corrected chi connectivity index (χ1v) is 9.71. The number of halogens is 2. The van der Waals surface area contributed by atoms with E-state index in [-0.39, 0.29) is 24.0 Å². The lowest BCUT2D eigenvalue weighted by molar-refractivity contribution is -0.115. The van der Waals surface area contributed by atoms with Crippen LogP contribution in [0.15, 0.2) is 68.2 Å². The molecule has 2 amide bonds. The molecule has 2 N–H and O–H groups in total. The number of anilines is 2. The van der Waals surface area contributed by atoms with Gasteiger partial charge in [0.15, 0.2) is 10.4 Å². The Morgan fingerprint density at radius 1 is 0.963 bits per heavy atom. The van der Waals surface area contributed by atoms with Gasteiger partial charge < -0.3 is 15.1 Å². The van der Waals surface area contributed by atoms with Crippen LogP contribution in [0.5, 0.6) is 0 Å². The van der Waals surface area contributed by atoms with E-state index in [1.165, 1.54) is 0 Å². The topological polar surface area (TPSA) is 71.3 Å². The fourth-order valence-corrected chi connectivity index (χ4v) is 3.11. The highest BCUT2D eigenvalue weighted by molar-refractivity contribution is 9.10. The van der Waals surface area contributed by atoms with E-state index >= 15 is 0 Å². The third-order valence-corrected chi connectivity index (χ3v) is 4.77. The number of hydrogen-bond donors (Lipinski definition) is 2. The average Bonchev–Trinajstić information content (AvgIpc) is 3.06. The minimum atomic E-state index is -0.337. The molecular weight excluding hydrogens is 476 g/mol. The van der Waals surface area contributed by atoms with Gasteiger partial charge in [0.2, 0.25) is 5.91 Å². The van der Waals surface area contributed by atoms with Gasteiger partial charge in [0, 0.05) is 15.8 Å². The fraction of sp³-hybridized carbons (Fsp3) is 0.100. The van der Waals surface area contributed by atoms with Crippen molar-refractivity contribution in [2.75, 3.05) is 10.6 Å². The average molecular weight is 492 g/mol. The molecule has 0 spiro atoms. The quantitative estimate of drug-likeness (QED) is 0.491. The van der Waals surface area contributed by atoms with E-state index in [2.05, 4.69) is 42.5 Å². The Morgan fingerprint density at radius 2 is 1.70 bits per heavy atom. The van der Waals surface area contributed by atoms with E-state index in [0.29, 0.717) is 10.4 Å². The number of hydrogen-bond acceptors (Lipinski definition) is 3. The van der Waals surface area contributed by atoms with E-state index in [1.54, 1.807) is 36.4 Å². The van der Waals surface area contributed by atoms with Gasteiger partial charge in [-0.15, -0.1) is 0 Å². The minimum Gasteiger partial charge on any atom is -0.444 e. The summed E-state index contributed by atoms with van der Waals surface area (Å²) in [5.74, 6) is -0.223. The van der Waals surface area contributed by atoms with Gasteiger partial charge in [-0.3, -0.25) is 9.59 Å². The molecule has 5 nitrogen and oxygen atoms in total. The molecule has 0 aliphatic heterocycles. The summed E-state index contributed by atoms with van der Waals surface area (Å²) in [7, 11) is 0. The van der Waals surface area contributed by atoms with Crippen LogP contribution in [0, 0.1) is 6.92 Å². The van der Waals surface area contributed by atoms with Gasteiger partial charge in [0.1, 0.15) is 0 Å². The van der Waals surface area contributed by atoms with Crippen molar-refractivity contribution in [1.29, 1.82) is 0 Å². The third kappa shape index (κ3) is 5.30. The predicted molar refractivity (Wildman–Crippen MR) is 112 cm³/mol. The Bertz CT molecular complexity index is 981. The van der Waals surface area contributed by atoms with Gasteiger partial charge in [-0.2, -0.15) is 0 Å². The second kappa shape index (κ2) is 8.54. The van der Waals surface area contributed by atoms with Crippen LogP contribution in [0.25, 0.3) is 0 Å². The fourth-order valence-electron chi connectivity index (χ4n) is 2.44. The molecule has 1 aromatic heterocycles. The molecule has 0 saturated carbocycles. The molecule has 0 saturated heterocycles. The first-order valence-electron chi connectivity index (χ1n) is 8.12. The molecule has 0 aliphatic carbocycles. The molecule has 27 heavy (non-hydrogen) atoms. The molecule has 0 bridgehead atoms. The number of benzene rings is 2. The number of carbonyl (C=O) groups excluding carboxylic acids is 2. The minimum absolute atomic E-state index is 0.103. The Balaban J connectivity index is 1.59. The number of rotatable bonds is 5. The SMILES string of the molecule is Cc1ccc(Br)cc1NC(=O)Cc1ccc(NC(=O)c2ccc(Br)o2)cc1. The standard InChI is InChI=1S/C20H16Br2N2O3/c1-12-2-5-14(21)11-16(12)24-19(25)10-13-3-6-15(7-4-13)23-20(26)17-8-9-18(22)27-17/h2-9,11H,10H2,1H3,(H,23,26)(H,24,25). The monoisotopic (exact) mass is 490 g/mol. The molecule has 3 rings (SSSR count). The number of carbonyl (C=O) groups is 2. The molecule has 0 aliphatic rings. The van der Waals surface area contributed by atoms with Gasteiger partial charge in [-0.05, 0) is 70.4 Å². The van der Waals surface area contributed by atoms with Crippen LogP contribution in [0.1, 0.15) is 21.7 Å². The van der Waals surface area contributed by atoms with Gasteiger partial charge in [0.05, 0.1) is 6.42 Å². The lowest BCUT2D eigenvalue weighted by Gasteiger charge is -2.09. The first-order chi connectivity index (χ1) is 12.9. The van der Waals surface area contributed by atoms with Crippen LogP contribution in [-0.2, 0) is 11.2 Å². The molecule has 2 aromatic carbocycles. The molecular formula is C20H16Br2N2O3. The van der Waals surface area contributed by atoms with E-state index in [9.17, 15) is 9.59 Å². The van der Waals surface area contributed by atoms with Crippen molar-refractivity contribution >= 4 is 55.0 Å². The lowest BCUT2D eigenvalue weighted by Crippen LogP contribution is -2.15. The maximum atomic E-state index is 12.3. The number of amides is 2. The normalized spacial score (nSPS) is 10.5. The number of aryl methyl sites for hydroxylation is 1. The van der Waals surface area contributed by atoms with Crippen molar-refractivity contribution in [3.8, 4) is 0 Å². The summed E-state index contributed by atoms with van der Waals surface area (Å²) in [6.07, 6.45) is 0.241. The zero-order valence-corrected chi connectivity index (χ0v) is 17.6. The van der Waals surface area contributed by atoms with Gasteiger partial charge >= 0.3 is 0 Å². The Morgan fingerprint density at radius 3 is 2.37 bits per heavy atom. The van der Waals surface area contributed by atoms with Crippen LogP contribution in [0.2, 0.25) is 0 Å². The number of furan rings is 1. The van der Waals surface area contributed by atoms with Crippen LogP contribution >= 0.6 is 31.9 Å². The molecule has 0 fully saturated rings. The van der Waals surface area contributed by atoms with Crippen molar-refractivity contribution < 1.29 is 14.0 Å². The van der Waals surface area contributed by atoms with Crippen LogP contribution in [-0.4, -0.2) is 11.8 Å². The summed E-state index contributed by atoms with van der Waals surface area (Å²) in [5.41, 5.74) is 3.25. The van der Waals surface area contributed by atoms with E-state index < -0.39 is 0 Å². The Labute approximate surface area is 173 Å². The van der Waals surface area contributed by atoms with Crippen LogP contribution in [0.3, 0.4) is 0 Å². The van der Waals surface area contributed by atoms with E-state index in [0.717, 1.165) is 21.3 Å². The maximum Gasteiger partial charge on any atom is 0.291 e. The zero-order chi connectivity index (χ0) is 19.4.